The van der Waals surface area contributed by atoms with E-state index >= 15 is 0 Å². The predicted octanol–water partition coefficient (Wildman–Crippen LogP) is 1.66. The smallest absolute Gasteiger partial charge is 0.256 e. The third-order valence-electron chi connectivity index (χ3n) is 4.51. The maximum atomic E-state index is 13.1. The molecule has 1 fully saturated rings. The summed E-state index contributed by atoms with van der Waals surface area (Å²) >= 11 is 0. The molecule has 0 spiro atoms. The zero-order valence-electron chi connectivity index (χ0n) is 13.7. The van der Waals surface area contributed by atoms with Crippen LogP contribution < -0.4 is 10.9 Å². The van der Waals surface area contributed by atoms with Crippen molar-refractivity contribution < 1.29 is 9.59 Å². The van der Waals surface area contributed by atoms with Gasteiger partial charge in [-0.3, -0.25) is 14.4 Å². The number of fused-ring (bicyclic) bond motifs is 1. The number of carbonyl (C=O) groups excluding carboxylic acids is 2. The van der Waals surface area contributed by atoms with Crippen LogP contribution in [0.4, 0.5) is 0 Å². The lowest BCUT2D eigenvalue weighted by Crippen LogP contribution is -2.49. The summed E-state index contributed by atoms with van der Waals surface area (Å²) in [4.78, 5) is 40.7. The lowest BCUT2D eigenvalue weighted by atomic mass is 9.99. The Kier molecular flexibility index (Phi) is 4.64. The van der Waals surface area contributed by atoms with Gasteiger partial charge < -0.3 is 15.2 Å². The van der Waals surface area contributed by atoms with Crippen molar-refractivity contribution in [3.63, 3.8) is 0 Å². The van der Waals surface area contributed by atoms with Crippen molar-refractivity contribution >= 4 is 22.6 Å². The fourth-order valence-corrected chi connectivity index (χ4v) is 3.28. The van der Waals surface area contributed by atoms with Gasteiger partial charge >= 0.3 is 0 Å². The number of hydrogen-bond donors (Lipinski definition) is 2. The molecular formula is C18H21N3O3. The first-order valence-electron chi connectivity index (χ1n) is 8.24. The highest BCUT2D eigenvalue weighted by molar-refractivity contribution is 6.06. The average Bonchev–Trinajstić information content (AvgIpc) is 2.60. The number of rotatable bonds is 3. The molecule has 6 nitrogen and oxygen atoms in total. The lowest BCUT2D eigenvalue weighted by molar-refractivity contribution is -0.119. The van der Waals surface area contributed by atoms with E-state index in [9.17, 15) is 14.4 Å². The van der Waals surface area contributed by atoms with Crippen LogP contribution in [0.5, 0.6) is 0 Å². The zero-order chi connectivity index (χ0) is 17.1. The van der Waals surface area contributed by atoms with Gasteiger partial charge in [0.15, 0.2) is 0 Å². The molecule has 1 aromatic heterocycles. The van der Waals surface area contributed by atoms with Crippen LogP contribution in [0.1, 0.15) is 36.5 Å². The molecule has 2 aromatic rings. The maximum Gasteiger partial charge on any atom is 0.256 e. The molecule has 3 rings (SSSR count). The van der Waals surface area contributed by atoms with E-state index in [1.165, 1.54) is 13.1 Å². The molecule has 1 aliphatic rings. The van der Waals surface area contributed by atoms with Crippen LogP contribution in [0.2, 0.25) is 0 Å². The molecule has 0 bridgehead atoms. The number of aromatic amines is 1. The summed E-state index contributed by atoms with van der Waals surface area (Å²) in [6, 6.07) is 7.11. The van der Waals surface area contributed by atoms with E-state index in [-0.39, 0.29) is 23.4 Å². The molecule has 2 amide bonds. The Bertz CT molecular complexity index is 828. The number of nitrogens with zero attached hydrogens (tertiary/aromatic N) is 1. The van der Waals surface area contributed by atoms with Gasteiger partial charge in [-0.05, 0) is 25.3 Å². The van der Waals surface area contributed by atoms with Crippen LogP contribution >= 0.6 is 0 Å². The molecular weight excluding hydrogens is 306 g/mol. The normalized spacial score (nSPS) is 17.7. The van der Waals surface area contributed by atoms with Crippen LogP contribution in [0.25, 0.3) is 10.8 Å². The Hall–Kier alpha value is -2.63. The third-order valence-corrected chi connectivity index (χ3v) is 4.51. The predicted molar refractivity (Wildman–Crippen MR) is 91.9 cm³/mol. The first-order valence-corrected chi connectivity index (χ1v) is 8.24. The Balaban J connectivity index is 1.94. The van der Waals surface area contributed by atoms with Crippen molar-refractivity contribution in [2.24, 2.45) is 0 Å². The number of piperidine rings is 1. The number of carbonyl (C=O) groups is 2. The lowest BCUT2D eigenvalue weighted by Gasteiger charge is -2.36. The van der Waals surface area contributed by atoms with E-state index in [1.807, 2.05) is 11.0 Å². The van der Waals surface area contributed by atoms with E-state index in [0.717, 1.165) is 19.3 Å². The minimum atomic E-state index is -0.199. The van der Waals surface area contributed by atoms with Crippen LogP contribution in [0.15, 0.2) is 35.3 Å². The van der Waals surface area contributed by atoms with Crippen LogP contribution in [0.3, 0.4) is 0 Å². The number of H-pyrrole nitrogens is 1. The van der Waals surface area contributed by atoms with Crippen molar-refractivity contribution in [1.29, 1.82) is 0 Å². The number of likely N-dealkylation sites (tertiary alicyclic amines) is 1. The molecule has 0 radical (unpaired) electrons. The largest absolute Gasteiger partial charge is 0.354 e. The van der Waals surface area contributed by atoms with E-state index < -0.39 is 0 Å². The number of amides is 2. The van der Waals surface area contributed by atoms with Crippen molar-refractivity contribution in [1.82, 2.24) is 15.2 Å². The van der Waals surface area contributed by atoms with E-state index in [1.54, 1.807) is 18.2 Å². The van der Waals surface area contributed by atoms with Crippen molar-refractivity contribution in [3.05, 3.63) is 46.4 Å². The molecule has 1 aliphatic heterocycles. The minimum Gasteiger partial charge on any atom is -0.354 e. The second-order valence-electron chi connectivity index (χ2n) is 6.16. The summed E-state index contributed by atoms with van der Waals surface area (Å²) < 4.78 is 0. The van der Waals surface area contributed by atoms with Gasteiger partial charge in [0.25, 0.3) is 11.5 Å². The summed E-state index contributed by atoms with van der Waals surface area (Å²) in [7, 11) is 0. The molecule has 6 heteroatoms. The maximum absolute atomic E-state index is 13.1. The van der Waals surface area contributed by atoms with Gasteiger partial charge in [-0.25, -0.2) is 0 Å². The highest BCUT2D eigenvalue weighted by Gasteiger charge is 2.28. The number of pyridine rings is 1. The summed E-state index contributed by atoms with van der Waals surface area (Å²) in [5.41, 5.74) is 0.301. The topological polar surface area (TPSA) is 82.3 Å². The molecule has 24 heavy (non-hydrogen) atoms. The van der Waals surface area contributed by atoms with Gasteiger partial charge in [0.2, 0.25) is 5.91 Å². The van der Waals surface area contributed by atoms with E-state index in [2.05, 4.69) is 10.3 Å². The van der Waals surface area contributed by atoms with Gasteiger partial charge in [-0.1, -0.05) is 18.2 Å². The first kappa shape index (κ1) is 16.2. The zero-order valence-corrected chi connectivity index (χ0v) is 13.7. The second kappa shape index (κ2) is 6.86. The van der Waals surface area contributed by atoms with E-state index in [0.29, 0.717) is 29.4 Å². The molecule has 1 aromatic carbocycles. The molecule has 1 saturated heterocycles. The summed E-state index contributed by atoms with van der Waals surface area (Å²) in [6.07, 6.45) is 4.36. The second-order valence-corrected chi connectivity index (χ2v) is 6.16. The molecule has 0 saturated carbocycles. The number of nitrogens with one attached hydrogen (secondary N) is 2. The van der Waals surface area contributed by atoms with Gasteiger partial charge in [0, 0.05) is 43.0 Å². The van der Waals surface area contributed by atoms with Crippen LogP contribution in [0, 0.1) is 0 Å². The molecule has 126 valence electrons. The SMILES string of the molecule is CC(=O)NCC1CCCCN1C(=O)c1c[nH]c(=O)c2ccccc12. The quantitative estimate of drug-likeness (QED) is 0.899. The highest BCUT2D eigenvalue weighted by atomic mass is 16.2. The van der Waals surface area contributed by atoms with Crippen molar-refractivity contribution in [3.8, 4) is 0 Å². The average molecular weight is 327 g/mol. The van der Waals surface area contributed by atoms with Gasteiger partial charge in [0.05, 0.1) is 5.56 Å². The standard InChI is InChI=1S/C18H21N3O3/c1-12(22)19-10-13-6-4-5-9-21(13)18(24)16-11-20-17(23)15-8-3-2-7-14(15)16/h2-3,7-8,11,13H,4-6,9-10H2,1H3,(H,19,22)(H,20,23). The monoisotopic (exact) mass is 327 g/mol. The third kappa shape index (κ3) is 3.18. The highest BCUT2D eigenvalue weighted by Crippen LogP contribution is 2.22. The van der Waals surface area contributed by atoms with Crippen LogP contribution in [-0.4, -0.2) is 40.8 Å². The fraction of sp³-hybridized carbons (Fsp3) is 0.389. The van der Waals surface area contributed by atoms with Gasteiger partial charge in [-0.2, -0.15) is 0 Å². The molecule has 1 unspecified atom stereocenters. The van der Waals surface area contributed by atoms with Crippen molar-refractivity contribution in [2.75, 3.05) is 13.1 Å². The Morgan fingerprint density at radius 2 is 2.00 bits per heavy atom. The fourth-order valence-electron chi connectivity index (χ4n) is 3.28. The Labute approximate surface area is 139 Å². The van der Waals surface area contributed by atoms with Crippen molar-refractivity contribution in [2.45, 2.75) is 32.2 Å². The van der Waals surface area contributed by atoms with Gasteiger partial charge in [0.1, 0.15) is 0 Å². The minimum absolute atomic E-state index is 0.0131. The number of aromatic nitrogens is 1. The van der Waals surface area contributed by atoms with Crippen LogP contribution in [-0.2, 0) is 4.79 Å². The van der Waals surface area contributed by atoms with E-state index in [4.69, 9.17) is 0 Å². The first-order chi connectivity index (χ1) is 11.6. The number of hydrogen-bond acceptors (Lipinski definition) is 3. The summed E-state index contributed by atoms with van der Waals surface area (Å²) in [5.74, 6) is -0.194. The molecule has 2 N–H and O–H groups in total. The summed E-state index contributed by atoms with van der Waals surface area (Å²) in [5, 5.41) is 3.98. The molecule has 1 atom stereocenters. The number of benzene rings is 1. The molecule has 0 aliphatic carbocycles. The molecule has 2 heterocycles. The Morgan fingerprint density at radius 1 is 1.25 bits per heavy atom. The summed E-state index contributed by atoms with van der Waals surface area (Å²) in [6.45, 7) is 2.60. The van der Waals surface area contributed by atoms with Gasteiger partial charge in [-0.15, -0.1) is 0 Å². The Morgan fingerprint density at radius 3 is 2.75 bits per heavy atom.